The van der Waals surface area contributed by atoms with Crippen molar-refractivity contribution in [2.24, 2.45) is 0 Å². The first-order chi connectivity index (χ1) is 11.6. The monoisotopic (exact) mass is 338 g/mol. The van der Waals surface area contributed by atoms with Gasteiger partial charge in [0, 0.05) is 6.54 Å². The van der Waals surface area contributed by atoms with Crippen molar-refractivity contribution >= 4 is 12.2 Å². The van der Waals surface area contributed by atoms with Crippen LogP contribution in [0.5, 0.6) is 0 Å². The highest BCUT2D eigenvalue weighted by Gasteiger charge is 2.12. The smallest absolute Gasteiger partial charge is 0.203 e. The average molecular weight is 338 g/mol. The first kappa shape index (κ1) is 16.6. The summed E-state index contributed by atoms with van der Waals surface area (Å²) in [5, 5.41) is 4.64. The van der Waals surface area contributed by atoms with E-state index in [1.54, 1.807) is 0 Å². The van der Waals surface area contributed by atoms with Gasteiger partial charge < -0.3 is 0 Å². The molecule has 0 aliphatic rings. The number of hydrogen-bond acceptors (Lipinski definition) is 3. The van der Waals surface area contributed by atoms with Crippen molar-refractivity contribution in [3.63, 3.8) is 0 Å². The first-order valence-electron chi connectivity index (χ1n) is 8.01. The molecule has 0 saturated heterocycles. The van der Waals surface area contributed by atoms with Gasteiger partial charge in [-0.1, -0.05) is 48.5 Å². The van der Waals surface area contributed by atoms with Crippen LogP contribution in [0.25, 0.3) is 5.69 Å². The van der Waals surface area contributed by atoms with Gasteiger partial charge in [-0.2, -0.15) is 5.10 Å². The lowest BCUT2D eigenvalue weighted by Crippen LogP contribution is -2.22. The second kappa shape index (κ2) is 7.11. The third kappa shape index (κ3) is 3.47. The van der Waals surface area contributed by atoms with Gasteiger partial charge in [0.15, 0.2) is 0 Å². The van der Waals surface area contributed by atoms with Crippen LogP contribution in [-0.4, -0.2) is 26.3 Å². The van der Waals surface area contributed by atoms with Gasteiger partial charge in [0.25, 0.3) is 0 Å². The minimum Gasteiger partial charge on any atom is -0.283 e. The molecule has 5 heteroatoms. The highest BCUT2D eigenvalue weighted by Crippen LogP contribution is 2.16. The van der Waals surface area contributed by atoms with Crippen molar-refractivity contribution < 1.29 is 0 Å². The normalized spacial score (nSPS) is 11.2. The van der Waals surface area contributed by atoms with E-state index in [1.165, 1.54) is 11.1 Å². The summed E-state index contributed by atoms with van der Waals surface area (Å²) >= 11 is 5.67. The predicted octanol–water partition coefficient (Wildman–Crippen LogP) is 4.11. The number of nitrogens with zero attached hydrogens (tertiary/aromatic N) is 4. The Morgan fingerprint density at radius 1 is 1.00 bits per heavy atom. The molecule has 0 N–H and O–H groups in total. The van der Waals surface area contributed by atoms with Crippen LogP contribution in [0.2, 0.25) is 0 Å². The molecule has 4 nitrogen and oxygen atoms in total. The van der Waals surface area contributed by atoms with Crippen molar-refractivity contribution in [3.8, 4) is 5.69 Å². The highest BCUT2D eigenvalue weighted by atomic mass is 32.1. The summed E-state index contributed by atoms with van der Waals surface area (Å²) in [4.78, 5) is 2.21. The molecule has 3 rings (SSSR count). The van der Waals surface area contributed by atoms with Gasteiger partial charge in [-0.15, -0.1) is 0 Å². The lowest BCUT2D eigenvalue weighted by Gasteiger charge is -2.16. The highest BCUT2D eigenvalue weighted by molar-refractivity contribution is 7.71. The molecule has 0 saturated carbocycles. The van der Waals surface area contributed by atoms with E-state index in [9.17, 15) is 0 Å². The minimum absolute atomic E-state index is 0.660. The molecule has 0 aliphatic carbocycles. The van der Waals surface area contributed by atoms with Crippen molar-refractivity contribution in [1.82, 2.24) is 19.2 Å². The molecule has 0 fully saturated rings. The number of aryl methyl sites for hydroxylation is 2. The number of rotatable bonds is 5. The molecular weight excluding hydrogens is 316 g/mol. The number of hydrogen-bond donors (Lipinski definition) is 0. The molecule has 1 heterocycles. The van der Waals surface area contributed by atoms with Gasteiger partial charge in [0.1, 0.15) is 5.82 Å². The molecule has 124 valence electrons. The third-order valence-electron chi connectivity index (χ3n) is 4.03. The van der Waals surface area contributed by atoms with E-state index in [0.717, 1.165) is 22.8 Å². The van der Waals surface area contributed by atoms with E-state index >= 15 is 0 Å². The van der Waals surface area contributed by atoms with Crippen LogP contribution in [0.1, 0.15) is 17.0 Å². The number of aromatic nitrogens is 3. The SMILES string of the molecule is Cc1ccccc1-n1c(C)nn(CN(C)Cc2ccccc2)c1=S. The molecule has 0 amide bonds. The zero-order chi connectivity index (χ0) is 17.1. The standard InChI is InChI=1S/C19H22N4S/c1-15-9-7-8-12-18(15)23-16(2)20-22(19(23)24)14-21(3)13-17-10-5-4-6-11-17/h4-12H,13-14H2,1-3H3. The predicted molar refractivity (Wildman–Crippen MR) is 99.8 cm³/mol. The van der Waals surface area contributed by atoms with E-state index in [4.69, 9.17) is 12.2 Å². The Labute approximate surface area is 148 Å². The maximum Gasteiger partial charge on any atom is 0.203 e. The zero-order valence-corrected chi connectivity index (χ0v) is 15.1. The molecule has 0 spiro atoms. The fourth-order valence-corrected chi connectivity index (χ4v) is 3.20. The molecule has 1 aromatic heterocycles. The molecule has 0 aliphatic heterocycles. The van der Waals surface area contributed by atoms with Crippen LogP contribution in [0.15, 0.2) is 54.6 Å². The fraction of sp³-hybridized carbons (Fsp3) is 0.263. The Hall–Kier alpha value is -2.24. The second-order valence-electron chi connectivity index (χ2n) is 6.09. The summed E-state index contributed by atoms with van der Waals surface area (Å²) in [7, 11) is 2.08. The minimum atomic E-state index is 0.660. The quantitative estimate of drug-likeness (QED) is 0.655. The average Bonchev–Trinajstić information content (AvgIpc) is 2.83. The van der Waals surface area contributed by atoms with Crippen LogP contribution in [0.3, 0.4) is 0 Å². The molecule has 24 heavy (non-hydrogen) atoms. The summed E-state index contributed by atoms with van der Waals surface area (Å²) in [6.07, 6.45) is 0. The van der Waals surface area contributed by atoms with E-state index in [0.29, 0.717) is 6.67 Å². The maximum absolute atomic E-state index is 5.67. The fourth-order valence-electron chi connectivity index (χ4n) is 2.87. The van der Waals surface area contributed by atoms with Crippen LogP contribution in [0.4, 0.5) is 0 Å². The molecule has 0 radical (unpaired) electrons. The van der Waals surface area contributed by atoms with Crippen LogP contribution in [0, 0.1) is 18.6 Å². The molecule has 3 aromatic rings. The van der Waals surface area contributed by atoms with E-state index in [2.05, 4.69) is 60.4 Å². The molecular formula is C19H22N4S. The summed E-state index contributed by atoms with van der Waals surface area (Å²) in [5.41, 5.74) is 3.56. The Balaban J connectivity index is 1.84. The summed E-state index contributed by atoms with van der Waals surface area (Å²) in [5.74, 6) is 0.905. The Bertz CT molecular complexity index is 880. The van der Waals surface area contributed by atoms with E-state index in [-0.39, 0.29) is 0 Å². The van der Waals surface area contributed by atoms with Crippen molar-refractivity contribution in [1.29, 1.82) is 0 Å². The Morgan fingerprint density at radius 2 is 1.67 bits per heavy atom. The first-order valence-corrected chi connectivity index (χ1v) is 8.42. The molecule has 0 unspecified atom stereocenters. The zero-order valence-electron chi connectivity index (χ0n) is 14.3. The number of benzene rings is 2. The summed E-state index contributed by atoms with van der Waals surface area (Å²) in [6.45, 7) is 5.61. The third-order valence-corrected chi connectivity index (χ3v) is 4.42. The second-order valence-corrected chi connectivity index (χ2v) is 6.46. The van der Waals surface area contributed by atoms with Gasteiger partial charge in [0.2, 0.25) is 4.77 Å². The molecule has 0 atom stereocenters. The van der Waals surface area contributed by atoms with Crippen LogP contribution >= 0.6 is 12.2 Å². The van der Waals surface area contributed by atoms with Gasteiger partial charge in [-0.3, -0.25) is 9.47 Å². The molecule has 2 aromatic carbocycles. The van der Waals surface area contributed by atoms with E-state index in [1.807, 2.05) is 34.4 Å². The maximum atomic E-state index is 5.67. The summed E-state index contributed by atoms with van der Waals surface area (Å²) in [6, 6.07) is 18.7. The van der Waals surface area contributed by atoms with Gasteiger partial charge in [0.05, 0.1) is 12.4 Å². The van der Waals surface area contributed by atoms with Crippen LogP contribution in [-0.2, 0) is 13.2 Å². The number of para-hydroxylation sites is 1. The van der Waals surface area contributed by atoms with E-state index < -0.39 is 0 Å². The van der Waals surface area contributed by atoms with Crippen molar-refractivity contribution in [3.05, 3.63) is 76.3 Å². The van der Waals surface area contributed by atoms with Gasteiger partial charge >= 0.3 is 0 Å². The lowest BCUT2D eigenvalue weighted by molar-refractivity contribution is 0.244. The largest absolute Gasteiger partial charge is 0.283 e. The van der Waals surface area contributed by atoms with Crippen molar-refractivity contribution in [2.45, 2.75) is 27.1 Å². The van der Waals surface area contributed by atoms with Gasteiger partial charge in [-0.25, -0.2) is 4.68 Å². The topological polar surface area (TPSA) is 26.0 Å². The van der Waals surface area contributed by atoms with Crippen LogP contribution < -0.4 is 0 Å². The summed E-state index contributed by atoms with van der Waals surface area (Å²) < 4.78 is 4.66. The lowest BCUT2D eigenvalue weighted by atomic mass is 10.2. The van der Waals surface area contributed by atoms with Crippen molar-refractivity contribution in [2.75, 3.05) is 7.05 Å². The van der Waals surface area contributed by atoms with Gasteiger partial charge in [-0.05, 0) is 50.3 Å². The Kier molecular flexibility index (Phi) is 4.92. The molecule has 0 bridgehead atoms. The Morgan fingerprint density at radius 3 is 2.38 bits per heavy atom.